The minimum atomic E-state index is -0.450. The van der Waals surface area contributed by atoms with Crippen LogP contribution in [0.2, 0.25) is 0 Å². The molecule has 0 aliphatic carbocycles. The van der Waals surface area contributed by atoms with Gasteiger partial charge in [-0.3, -0.25) is 9.13 Å². The van der Waals surface area contributed by atoms with Crippen molar-refractivity contribution in [2.24, 2.45) is 0 Å². The Morgan fingerprint density at radius 3 is 1.28 bits per heavy atom. The van der Waals surface area contributed by atoms with Gasteiger partial charge >= 0.3 is 0 Å². The first kappa shape index (κ1) is 37.3. The number of fused-ring (bicyclic) bond motifs is 9. The zero-order valence-corrected chi connectivity index (χ0v) is 40.4. The lowest BCUT2D eigenvalue weighted by atomic mass is 9.85. The summed E-state index contributed by atoms with van der Waals surface area (Å²) in [6.45, 7) is 13.3. The SMILES string of the molecule is [2H]c1c([2H])c([2H])c(-c2c(-c3cccc(-c4nc(-n5c6ccccc6c6ccccc65)nc(-n5c6ccccc6c6ccccc65)n4)c3)cccc2-n2c3ccc(C(C)(C)C)cc3c3cc(C(C)(C)C)ccc32)c([2H])c1[2H]. The predicted octanol–water partition coefficient (Wildman–Crippen LogP) is 16.8. The van der Waals surface area contributed by atoms with Crippen molar-refractivity contribution < 1.29 is 6.85 Å². The largest absolute Gasteiger partial charge is 0.309 e. The predicted molar refractivity (Wildman–Crippen MR) is 297 cm³/mol. The van der Waals surface area contributed by atoms with Gasteiger partial charge < -0.3 is 4.57 Å². The van der Waals surface area contributed by atoms with Crippen LogP contribution in [0.3, 0.4) is 0 Å². The Morgan fingerprint density at radius 2 is 0.803 bits per heavy atom. The van der Waals surface area contributed by atoms with Crippen molar-refractivity contribution in [1.29, 1.82) is 0 Å². The topological polar surface area (TPSA) is 53.5 Å². The van der Waals surface area contributed by atoms with Crippen molar-refractivity contribution in [2.75, 3.05) is 0 Å². The van der Waals surface area contributed by atoms with Crippen LogP contribution in [-0.2, 0) is 10.8 Å². The van der Waals surface area contributed by atoms with E-state index in [0.717, 1.165) is 71.0 Å². The van der Waals surface area contributed by atoms with E-state index in [4.69, 9.17) is 19.1 Å². The van der Waals surface area contributed by atoms with Gasteiger partial charge in [-0.05, 0) is 99.3 Å². The molecule has 4 aromatic heterocycles. The molecule has 6 nitrogen and oxygen atoms in total. The second kappa shape index (κ2) is 16.0. The van der Waals surface area contributed by atoms with Gasteiger partial charge in [-0.15, -0.1) is 0 Å². The number of hydrogen-bond donors (Lipinski definition) is 0. The summed E-state index contributed by atoms with van der Waals surface area (Å²) >= 11 is 0. The van der Waals surface area contributed by atoms with Crippen LogP contribution in [0.5, 0.6) is 0 Å². The van der Waals surface area contributed by atoms with Gasteiger partial charge in [-0.1, -0.05) is 187 Å². The fourth-order valence-electron chi connectivity index (χ4n) is 10.6. The molecule has 342 valence electrons. The third-order valence-electron chi connectivity index (χ3n) is 14.1. The molecule has 0 aliphatic rings. The van der Waals surface area contributed by atoms with Crippen LogP contribution in [0.25, 0.3) is 117 Å². The minimum Gasteiger partial charge on any atom is -0.309 e. The summed E-state index contributed by atoms with van der Waals surface area (Å²) < 4.78 is 52.2. The van der Waals surface area contributed by atoms with Gasteiger partial charge in [-0.2, -0.15) is 15.0 Å². The Balaban J connectivity index is 1.10. The van der Waals surface area contributed by atoms with E-state index >= 15 is 0 Å². The van der Waals surface area contributed by atoms with E-state index in [-0.39, 0.29) is 28.5 Å². The zero-order chi connectivity index (χ0) is 52.5. The second-order valence-corrected chi connectivity index (χ2v) is 20.6. The number of nitrogens with zero attached hydrogens (tertiary/aromatic N) is 6. The molecule has 13 rings (SSSR count). The molecule has 13 aromatic rings. The minimum absolute atomic E-state index is 0.108. The van der Waals surface area contributed by atoms with Crippen LogP contribution < -0.4 is 0 Å². The normalized spacial score (nSPS) is 13.4. The van der Waals surface area contributed by atoms with E-state index < -0.39 is 18.1 Å². The van der Waals surface area contributed by atoms with Gasteiger partial charge in [0.05, 0.1) is 45.6 Å². The van der Waals surface area contributed by atoms with E-state index in [2.05, 4.69) is 140 Å². The first-order chi connectivity index (χ1) is 36.6. The number of rotatable bonds is 6. The number of benzene rings is 9. The molecule has 9 aromatic carbocycles. The molecule has 0 aliphatic heterocycles. The highest BCUT2D eigenvalue weighted by Crippen LogP contribution is 2.44. The Labute approximate surface area is 420 Å². The summed E-state index contributed by atoms with van der Waals surface area (Å²) in [5.74, 6) is 1.32. The zero-order valence-electron chi connectivity index (χ0n) is 45.4. The van der Waals surface area contributed by atoms with Crippen molar-refractivity contribution in [3.05, 3.63) is 217 Å². The number of para-hydroxylation sites is 4. The van der Waals surface area contributed by atoms with Gasteiger partial charge in [-0.25, -0.2) is 0 Å². The maximum absolute atomic E-state index is 9.55. The van der Waals surface area contributed by atoms with Crippen LogP contribution in [0, 0.1) is 0 Å². The molecule has 6 heteroatoms. The van der Waals surface area contributed by atoms with E-state index in [1.165, 1.54) is 11.1 Å². The highest BCUT2D eigenvalue weighted by Gasteiger charge is 2.25. The molecule has 0 bridgehead atoms. The lowest BCUT2D eigenvalue weighted by Gasteiger charge is -2.21. The highest BCUT2D eigenvalue weighted by atomic mass is 15.3. The second-order valence-electron chi connectivity index (χ2n) is 20.6. The third-order valence-corrected chi connectivity index (χ3v) is 14.1. The van der Waals surface area contributed by atoms with Gasteiger partial charge in [0.15, 0.2) is 5.82 Å². The molecule has 0 unspecified atom stereocenters. The van der Waals surface area contributed by atoms with Crippen molar-refractivity contribution in [2.45, 2.75) is 52.4 Å². The molecule has 0 saturated carbocycles. The van der Waals surface area contributed by atoms with Crippen LogP contribution in [0.4, 0.5) is 0 Å². The van der Waals surface area contributed by atoms with Gasteiger partial charge in [0.1, 0.15) is 0 Å². The molecular weight excluding hydrogens is 865 g/mol. The van der Waals surface area contributed by atoms with Gasteiger partial charge in [0.2, 0.25) is 11.9 Å². The molecule has 0 amide bonds. The first-order valence-corrected chi connectivity index (χ1v) is 24.2. The van der Waals surface area contributed by atoms with E-state index in [0.29, 0.717) is 40.1 Å². The average molecular weight is 922 g/mol. The molecule has 4 heterocycles. The molecular formula is C65H52N6. The maximum Gasteiger partial charge on any atom is 0.240 e. The fourth-order valence-corrected chi connectivity index (χ4v) is 10.6. The van der Waals surface area contributed by atoms with E-state index in [9.17, 15) is 2.74 Å². The summed E-state index contributed by atoms with van der Waals surface area (Å²) in [4.78, 5) is 16.1. The van der Waals surface area contributed by atoms with Gasteiger partial charge in [0, 0.05) is 43.4 Å². The first-order valence-electron chi connectivity index (χ1n) is 26.7. The summed E-state index contributed by atoms with van der Waals surface area (Å²) in [5, 5.41) is 6.45. The molecule has 0 radical (unpaired) electrons. The van der Waals surface area contributed by atoms with E-state index in [1.807, 2.05) is 91.0 Å². The fraction of sp³-hybridized carbons (Fsp3) is 0.123. The lowest BCUT2D eigenvalue weighted by molar-refractivity contribution is 0.590. The number of hydrogen-bond acceptors (Lipinski definition) is 3. The molecule has 0 saturated heterocycles. The highest BCUT2D eigenvalue weighted by molar-refractivity contribution is 6.12. The Hall–Kier alpha value is -8.61. The molecule has 0 fully saturated rings. The Morgan fingerprint density at radius 1 is 0.366 bits per heavy atom. The number of aromatic nitrogens is 6. The Bertz CT molecular complexity index is 4230. The summed E-state index contributed by atoms with van der Waals surface area (Å²) in [6, 6.07) is 58.6. The molecule has 0 spiro atoms. The quantitative estimate of drug-likeness (QED) is 0.167. The van der Waals surface area contributed by atoms with Crippen LogP contribution >= 0.6 is 0 Å². The maximum atomic E-state index is 9.55. The monoisotopic (exact) mass is 921 g/mol. The van der Waals surface area contributed by atoms with Crippen LogP contribution in [0.15, 0.2) is 206 Å². The Kier molecular flexibility index (Phi) is 8.39. The summed E-state index contributed by atoms with van der Waals surface area (Å²) in [5.41, 5.74) is 11.2. The molecule has 71 heavy (non-hydrogen) atoms. The van der Waals surface area contributed by atoms with Crippen LogP contribution in [0.1, 0.15) is 59.5 Å². The standard InChI is InChI=1S/C65H52N6/c1-64(2,3)44-34-36-57-51(39-44)52-40-45(65(4,5)6)35-37-58(52)69(57)59-33-19-28-46(60(59)41-20-8-7-9-21-41)42-22-18-23-43(38-42)61-66-62(70-53-29-14-10-24-47(53)48-25-11-15-30-54(48)70)68-63(67-61)71-55-31-16-12-26-49(55)50-27-13-17-32-56(50)71/h7-40H,1-6H3/i7D,8D,9D,20D,21D. The molecule has 0 N–H and O–H groups in total. The summed E-state index contributed by atoms with van der Waals surface area (Å²) in [7, 11) is 0. The van der Waals surface area contributed by atoms with Crippen molar-refractivity contribution in [3.8, 4) is 51.2 Å². The lowest BCUT2D eigenvalue weighted by Crippen LogP contribution is -2.10. The van der Waals surface area contributed by atoms with Crippen molar-refractivity contribution in [3.63, 3.8) is 0 Å². The average Bonchev–Trinajstić information content (AvgIpc) is 4.08. The van der Waals surface area contributed by atoms with Gasteiger partial charge in [0.25, 0.3) is 0 Å². The van der Waals surface area contributed by atoms with Crippen molar-refractivity contribution >= 4 is 65.4 Å². The summed E-state index contributed by atoms with van der Waals surface area (Å²) in [6.07, 6.45) is 0. The van der Waals surface area contributed by atoms with E-state index in [1.54, 1.807) is 0 Å². The molecule has 0 atom stereocenters. The van der Waals surface area contributed by atoms with Crippen molar-refractivity contribution in [1.82, 2.24) is 28.7 Å². The third kappa shape index (κ3) is 6.88. The van der Waals surface area contributed by atoms with Crippen LogP contribution in [-0.4, -0.2) is 28.7 Å². The smallest absolute Gasteiger partial charge is 0.240 e.